The van der Waals surface area contributed by atoms with Gasteiger partial charge in [0.15, 0.2) is 34.7 Å². The molecule has 8 aromatic heterocycles. The number of hydrogen-bond donors (Lipinski definition) is 5. The van der Waals surface area contributed by atoms with Gasteiger partial charge in [0.2, 0.25) is 5.52 Å². The van der Waals surface area contributed by atoms with Crippen LogP contribution in [-0.4, -0.2) is 163 Å². The molecule has 8 aromatic rings. The summed E-state index contributed by atoms with van der Waals surface area (Å²) < 4.78 is 106. The lowest BCUT2D eigenvalue weighted by Gasteiger charge is -2.60. The van der Waals surface area contributed by atoms with Gasteiger partial charge < -0.3 is 44.6 Å². The molecule has 7 N–H and O–H groups in total. The number of aryl methyl sites for hydroxylation is 4. The number of H-pyrrole nitrogens is 2. The van der Waals surface area contributed by atoms with E-state index in [1.54, 1.807) is 41.3 Å². The minimum absolute atomic E-state index is 0.0219. The Morgan fingerprint density at radius 2 is 1.16 bits per heavy atom. The highest BCUT2D eigenvalue weighted by Gasteiger charge is 2.55. The predicted octanol–water partition coefficient (Wildman–Crippen LogP) is 2.13. The van der Waals surface area contributed by atoms with Crippen molar-refractivity contribution in [1.29, 1.82) is 0 Å². The van der Waals surface area contributed by atoms with Crippen molar-refractivity contribution in [3.63, 3.8) is 0 Å². The number of halogens is 5. The lowest BCUT2D eigenvalue weighted by atomic mass is 9.60. The van der Waals surface area contributed by atoms with Crippen LogP contribution in [0.5, 0.6) is 0 Å². The molecule has 4 aliphatic rings. The summed E-state index contributed by atoms with van der Waals surface area (Å²) in [6.45, 7) is 32.2. The molecule has 0 aromatic carbocycles. The summed E-state index contributed by atoms with van der Waals surface area (Å²) in [4.78, 5) is 65.8. The fourth-order valence-corrected chi connectivity index (χ4v) is 11.5. The standard InChI is InChI=1S/C15H19N7O2S.C8H5ClN4.C8H6N4O.C7H15N3O2S.C7H7N3O.C2HF3O2.CClNO3S/c1-10-4-12(17-2)22-13(10)14(18-9-19-22)21-7-15(8-21)5-11(6-15)20(3)25(16,23)24;1-5-3-6(10-2)13-7(5)8(9)11-4-12-13;1-5-3-6(9-2)12-7(5)8(13)10-4-11-12;1-10(13(8,11)12)6-2-7(3-6)4-9-5-7;1-5-2-3-10-6(5)7(11)8-4-9-10;3-2(4,5)1(6)7;2-7(5,6)3-1-4/h4,9,11H,5-8H2,1,3H3,(H2,16,23,24);3-4H,1H3;3-4H,1H3,(H,10,11,13);6,9H,2-5H2,1H3,(H2,8,11,12);2-4H,1H3,(H,8,9,11);(H,6,7);/p-1. The molecule has 0 radical (unpaired) electrons. The Hall–Kier alpha value is -8.78. The van der Waals surface area contributed by atoms with E-state index < -0.39 is 41.8 Å². The van der Waals surface area contributed by atoms with Gasteiger partial charge in [0, 0.05) is 74.7 Å². The molecule has 41 heteroatoms. The molecule has 474 valence electrons. The summed E-state index contributed by atoms with van der Waals surface area (Å²) in [5.41, 5.74) is 6.43. The number of isocyanates is 1. The number of aromatic nitrogens is 12. The average molecular weight is 1340 g/mol. The number of anilines is 1. The molecular weight excluding hydrogens is 1280 g/mol. The minimum Gasteiger partial charge on any atom is -0.542 e. The molecular formula is C48H52Cl2F3N22O11S3-. The second-order valence-corrected chi connectivity index (χ2v) is 26.2. The Morgan fingerprint density at radius 1 is 0.730 bits per heavy atom. The molecule has 89 heavy (non-hydrogen) atoms. The third-order valence-corrected chi connectivity index (χ3v) is 17.3. The Labute approximate surface area is 512 Å². The van der Waals surface area contributed by atoms with Crippen molar-refractivity contribution in [2.75, 3.05) is 45.2 Å². The van der Waals surface area contributed by atoms with Gasteiger partial charge in [0.1, 0.15) is 24.1 Å². The van der Waals surface area contributed by atoms with Crippen molar-refractivity contribution in [1.82, 2.24) is 72.3 Å². The molecule has 2 aliphatic heterocycles. The number of rotatable bonds is 6. The highest BCUT2D eigenvalue weighted by molar-refractivity contribution is 8.12. The van der Waals surface area contributed by atoms with E-state index in [0.29, 0.717) is 44.6 Å². The van der Waals surface area contributed by atoms with Crippen LogP contribution >= 0.6 is 22.3 Å². The lowest BCUT2D eigenvalue weighted by Crippen LogP contribution is -2.67. The molecule has 2 aliphatic carbocycles. The van der Waals surface area contributed by atoms with Gasteiger partial charge in [-0.2, -0.15) is 65.7 Å². The van der Waals surface area contributed by atoms with Crippen molar-refractivity contribution in [3.05, 3.63) is 138 Å². The molecule has 2 spiro atoms. The number of fused-ring (bicyclic) bond motifs is 4. The maximum atomic E-state index is 11.4. The largest absolute Gasteiger partial charge is 0.542 e. The van der Waals surface area contributed by atoms with E-state index in [2.05, 4.69) is 80.2 Å². The molecule has 12 rings (SSSR count). The Morgan fingerprint density at radius 3 is 1.57 bits per heavy atom. The van der Waals surface area contributed by atoms with E-state index >= 15 is 0 Å². The average Bonchev–Trinajstić information content (AvgIpc) is 1.76. The first kappa shape index (κ1) is 69.3. The van der Waals surface area contributed by atoms with Crippen molar-refractivity contribution in [2.24, 2.45) is 25.5 Å². The van der Waals surface area contributed by atoms with Gasteiger partial charge in [-0.25, -0.2) is 29.6 Å². The number of aliphatic carboxylic acids is 1. The van der Waals surface area contributed by atoms with Crippen LogP contribution in [0.15, 0.2) is 69.8 Å². The van der Waals surface area contributed by atoms with Gasteiger partial charge in [-0.1, -0.05) is 51.0 Å². The molecule has 4 fully saturated rings. The zero-order valence-electron chi connectivity index (χ0n) is 47.4. The van der Waals surface area contributed by atoms with E-state index in [0.717, 1.165) is 91.5 Å². The number of carboxylic acid groups (broad SMARTS) is 1. The van der Waals surface area contributed by atoms with Gasteiger partial charge >= 0.3 is 15.4 Å². The Bertz CT molecular complexity index is 4630. The van der Waals surface area contributed by atoms with Gasteiger partial charge in [-0.15, -0.1) is 0 Å². The zero-order valence-corrected chi connectivity index (χ0v) is 51.3. The number of carboxylic acids is 1. The summed E-state index contributed by atoms with van der Waals surface area (Å²) in [6, 6.07) is 7.16. The molecule has 0 amide bonds. The van der Waals surface area contributed by atoms with Crippen molar-refractivity contribution in [3.8, 4) is 0 Å². The highest BCUT2D eigenvalue weighted by atomic mass is 35.7. The second-order valence-electron chi connectivity index (χ2n) is 20.4. The summed E-state index contributed by atoms with van der Waals surface area (Å²) in [5, 5.41) is 38.5. The van der Waals surface area contributed by atoms with E-state index in [9.17, 15) is 48.0 Å². The summed E-state index contributed by atoms with van der Waals surface area (Å²) in [5.74, 6) is -0.885. The highest BCUT2D eigenvalue weighted by Crippen LogP contribution is 2.52. The van der Waals surface area contributed by atoms with E-state index in [1.165, 1.54) is 50.0 Å². The number of nitrogens with zero attached hydrogens (tertiary/aromatic N) is 17. The topological polar surface area (TPSA) is 420 Å². The van der Waals surface area contributed by atoms with Gasteiger partial charge in [0.05, 0.1) is 0 Å². The quantitative estimate of drug-likeness (QED) is 0.0689. The first-order valence-electron chi connectivity index (χ1n) is 25.3. The minimum atomic E-state index is -5.19. The normalized spacial score (nSPS) is 15.5. The number of nitrogens with one attached hydrogen (secondary N) is 3. The van der Waals surface area contributed by atoms with Crippen molar-refractivity contribution < 1.29 is 53.1 Å². The summed E-state index contributed by atoms with van der Waals surface area (Å²) in [7, 11) is -3.65. The maximum absolute atomic E-state index is 11.4. The van der Waals surface area contributed by atoms with Crippen molar-refractivity contribution >= 4 is 109 Å². The predicted molar refractivity (Wildman–Crippen MR) is 312 cm³/mol. The number of aromatic amines is 2. The first-order chi connectivity index (χ1) is 41.4. The Balaban J connectivity index is 0.000000173. The molecule has 0 bridgehead atoms. The monoisotopic (exact) mass is 1340 g/mol. The number of carbonyl (C=O) groups is 1. The maximum Gasteiger partial charge on any atom is 0.430 e. The van der Waals surface area contributed by atoms with Crippen LogP contribution in [0.1, 0.15) is 47.9 Å². The van der Waals surface area contributed by atoms with Crippen LogP contribution in [0.25, 0.3) is 36.6 Å². The third-order valence-electron chi connectivity index (χ3n) is 14.4. The fraction of sp³-hybridized carbons (Fsp3) is 0.396. The number of carbonyl (C=O) groups excluding carboxylic acids is 2. The van der Waals surface area contributed by atoms with E-state index in [1.807, 2.05) is 32.9 Å². The molecule has 2 saturated heterocycles. The van der Waals surface area contributed by atoms with E-state index in [4.69, 9.17) is 56.3 Å². The lowest BCUT2D eigenvalue weighted by molar-refractivity contribution is -0.344. The molecule has 0 unspecified atom stereocenters. The summed E-state index contributed by atoms with van der Waals surface area (Å²) in [6.07, 6.45) is 6.33. The van der Waals surface area contributed by atoms with Crippen LogP contribution in [-0.2, 0) is 39.2 Å². The van der Waals surface area contributed by atoms with Gasteiger partial charge in [-0.05, 0) is 105 Å². The second kappa shape index (κ2) is 27.3. The Kier molecular flexibility index (Phi) is 21.3. The fourth-order valence-electron chi connectivity index (χ4n) is 9.93. The van der Waals surface area contributed by atoms with E-state index in [-0.39, 0.29) is 28.6 Å². The molecule has 2 saturated carbocycles. The summed E-state index contributed by atoms with van der Waals surface area (Å²) >= 11 is 5.86. The van der Waals surface area contributed by atoms with Crippen LogP contribution in [0.4, 0.5) is 36.4 Å². The number of nitrogens with two attached hydrogens (primary N) is 2. The van der Waals surface area contributed by atoms with Crippen LogP contribution in [0.2, 0.25) is 5.15 Å². The number of alkyl halides is 3. The molecule has 10 heterocycles. The molecule has 33 nitrogen and oxygen atoms in total. The zero-order chi connectivity index (χ0) is 66.4. The van der Waals surface area contributed by atoms with Gasteiger partial charge in [0.25, 0.3) is 55.1 Å². The number of hydrogen-bond acceptors (Lipinski definition) is 19. The third kappa shape index (κ3) is 16.3. The van der Waals surface area contributed by atoms with Crippen LogP contribution in [0.3, 0.4) is 0 Å². The van der Waals surface area contributed by atoms with Crippen molar-refractivity contribution in [2.45, 2.75) is 71.6 Å². The van der Waals surface area contributed by atoms with Crippen LogP contribution in [0, 0.1) is 58.2 Å². The first-order valence-corrected chi connectivity index (χ1v) is 30.9. The SMILES string of the molecule is CN(C1CC2(CNC2)C1)S(N)(=O)=O.Cc1ccn2nc[nH]c(=O)c12.O=C([O-])C(F)(F)F.O=C=NS(=O)(=O)Cl.[C-]#[N+]c1cc(C)c2c(=O)[nH]cnn12.[C-]#[N+]c1cc(C)c2c(Cl)ncnn12.[C-]#[N+]c1cc(C)c2c(N3CC4(CC(N(C)S(N)(=O)=O)C4)C3)ncnn12. The molecule has 0 atom stereocenters. The van der Waals surface area contributed by atoms with Gasteiger partial charge in [-0.3, -0.25) is 9.59 Å². The van der Waals surface area contributed by atoms with Crippen LogP contribution < -0.4 is 36.7 Å². The smallest absolute Gasteiger partial charge is 0.430 e.